The summed E-state index contributed by atoms with van der Waals surface area (Å²) in [6.07, 6.45) is 6.15. The zero-order valence-electron chi connectivity index (χ0n) is 12.3. The van der Waals surface area contributed by atoms with Crippen LogP contribution in [0.1, 0.15) is 25.3 Å². The lowest BCUT2D eigenvalue weighted by Crippen LogP contribution is -2.45. The van der Waals surface area contributed by atoms with Crippen molar-refractivity contribution in [3.63, 3.8) is 0 Å². The van der Waals surface area contributed by atoms with Crippen LogP contribution >= 0.6 is 0 Å². The Morgan fingerprint density at radius 2 is 2.50 bits per heavy atom. The van der Waals surface area contributed by atoms with Crippen LogP contribution in [0.2, 0.25) is 0 Å². The second-order valence-corrected chi connectivity index (χ2v) is 5.34. The maximum atomic E-state index is 11.9. The van der Waals surface area contributed by atoms with Crippen molar-refractivity contribution >= 4 is 5.91 Å². The largest absolute Gasteiger partial charge is 0.376 e. The Morgan fingerprint density at radius 3 is 3.15 bits per heavy atom. The Hall–Kier alpha value is -1.40. The average molecular weight is 280 g/mol. The van der Waals surface area contributed by atoms with Gasteiger partial charge in [-0.1, -0.05) is 0 Å². The Labute approximate surface area is 119 Å². The predicted octanol–water partition coefficient (Wildman–Crippen LogP) is 0.465. The molecule has 0 bridgehead atoms. The first-order valence-corrected chi connectivity index (χ1v) is 7.27. The van der Waals surface area contributed by atoms with Gasteiger partial charge in [0.2, 0.25) is 5.91 Å². The fraction of sp³-hybridized carbons (Fsp3) is 0.714. The first-order valence-electron chi connectivity index (χ1n) is 7.27. The normalized spacial score (nSPS) is 20.0. The molecule has 2 heterocycles. The second-order valence-electron chi connectivity index (χ2n) is 5.34. The van der Waals surface area contributed by atoms with E-state index in [9.17, 15) is 4.79 Å². The molecule has 1 amide bonds. The smallest absolute Gasteiger partial charge is 0.236 e. The fourth-order valence-electron chi connectivity index (χ4n) is 2.25. The number of carbonyl (C=O) groups is 1. The van der Waals surface area contributed by atoms with Gasteiger partial charge in [0.15, 0.2) is 0 Å². The van der Waals surface area contributed by atoms with Crippen LogP contribution in [0.15, 0.2) is 12.4 Å². The second kappa shape index (κ2) is 7.40. The van der Waals surface area contributed by atoms with Crippen LogP contribution < -0.4 is 10.6 Å². The van der Waals surface area contributed by atoms with Crippen molar-refractivity contribution in [1.29, 1.82) is 0 Å². The van der Waals surface area contributed by atoms with Crippen LogP contribution in [0.5, 0.6) is 0 Å². The molecule has 1 fully saturated rings. The molecular weight excluding hydrogens is 256 g/mol. The van der Waals surface area contributed by atoms with Crippen molar-refractivity contribution in [3.05, 3.63) is 18.0 Å². The molecule has 1 aromatic heterocycles. The lowest BCUT2D eigenvalue weighted by Gasteiger charge is -2.16. The lowest BCUT2D eigenvalue weighted by molar-refractivity contribution is -0.123. The molecule has 2 N–H and O–H groups in total. The van der Waals surface area contributed by atoms with E-state index >= 15 is 0 Å². The Balaban J connectivity index is 1.60. The number of aryl methyl sites for hydroxylation is 1. The Morgan fingerprint density at radius 1 is 1.65 bits per heavy atom. The van der Waals surface area contributed by atoms with Gasteiger partial charge in [0, 0.05) is 25.9 Å². The predicted molar refractivity (Wildman–Crippen MR) is 76.4 cm³/mol. The van der Waals surface area contributed by atoms with Gasteiger partial charge in [0.05, 0.1) is 24.9 Å². The minimum absolute atomic E-state index is 0.0251. The zero-order valence-corrected chi connectivity index (χ0v) is 12.3. The molecular formula is C14H24N4O2. The Kier molecular flexibility index (Phi) is 5.55. The van der Waals surface area contributed by atoms with Gasteiger partial charge in [-0.25, -0.2) is 0 Å². The van der Waals surface area contributed by atoms with Crippen molar-refractivity contribution in [2.24, 2.45) is 0 Å². The van der Waals surface area contributed by atoms with Gasteiger partial charge in [-0.05, 0) is 32.3 Å². The van der Waals surface area contributed by atoms with Crippen LogP contribution in [0.3, 0.4) is 0 Å². The SMILES string of the molecule is Cc1cnn(CCN[C@H](C)C(=O)NC[C@@H]2CCCO2)c1. The van der Waals surface area contributed by atoms with E-state index in [0.717, 1.165) is 38.1 Å². The van der Waals surface area contributed by atoms with Crippen LogP contribution in [-0.2, 0) is 16.1 Å². The number of ether oxygens (including phenoxy) is 1. The van der Waals surface area contributed by atoms with Crippen molar-refractivity contribution in [1.82, 2.24) is 20.4 Å². The fourth-order valence-corrected chi connectivity index (χ4v) is 2.25. The first-order chi connectivity index (χ1) is 9.65. The summed E-state index contributed by atoms with van der Waals surface area (Å²) in [4.78, 5) is 11.9. The number of carbonyl (C=O) groups excluding carboxylic acids is 1. The van der Waals surface area contributed by atoms with E-state index in [1.165, 1.54) is 0 Å². The van der Waals surface area contributed by atoms with Gasteiger partial charge in [0.1, 0.15) is 0 Å². The summed E-state index contributed by atoms with van der Waals surface area (Å²) in [6, 6.07) is -0.201. The minimum Gasteiger partial charge on any atom is -0.376 e. The molecule has 0 aliphatic carbocycles. The van der Waals surface area contributed by atoms with E-state index in [2.05, 4.69) is 15.7 Å². The monoisotopic (exact) mass is 280 g/mol. The van der Waals surface area contributed by atoms with Crippen molar-refractivity contribution in [2.45, 2.75) is 45.4 Å². The standard InChI is InChI=1S/C14H24N4O2/c1-11-8-17-18(10-11)6-5-15-12(2)14(19)16-9-13-4-3-7-20-13/h8,10,12-13,15H,3-7,9H2,1-2H3,(H,16,19)/t12-,13+/m1/s1. The van der Waals surface area contributed by atoms with E-state index in [-0.39, 0.29) is 18.1 Å². The molecule has 0 unspecified atom stereocenters. The molecule has 0 saturated carbocycles. The quantitative estimate of drug-likeness (QED) is 0.761. The molecule has 1 saturated heterocycles. The molecule has 6 heteroatoms. The maximum Gasteiger partial charge on any atom is 0.236 e. The minimum atomic E-state index is -0.201. The van der Waals surface area contributed by atoms with Gasteiger partial charge in [0.25, 0.3) is 0 Å². The van der Waals surface area contributed by atoms with E-state index in [0.29, 0.717) is 6.54 Å². The highest BCUT2D eigenvalue weighted by Gasteiger charge is 2.18. The molecule has 2 atom stereocenters. The van der Waals surface area contributed by atoms with Crippen LogP contribution in [-0.4, -0.2) is 47.5 Å². The zero-order chi connectivity index (χ0) is 14.4. The van der Waals surface area contributed by atoms with E-state index in [4.69, 9.17) is 4.74 Å². The third-order valence-corrected chi connectivity index (χ3v) is 3.48. The number of amides is 1. The number of hydrogen-bond donors (Lipinski definition) is 2. The molecule has 0 spiro atoms. The van der Waals surface area contributed by atoms with E-state index in [1.807, 2.05) is 30.9 Å². The summed E-state index contributed by atoms with van der Waals surface area (Å²) in [5.74, 6) is 0.0251. The molecule has 112 valence electrons. The summed E-state index contributed by atoms with van der Waals surface area (Å²) in [6.45, 7) is 6.80. The molecule has 0 aromatic carbocycles. The van der Waals surface area contributed by atoms with Crippen LogP contribution in [0.4, 0.5) is 0 Å². The number of aromatic nitrogens is 2. The molecule has 1 aromatic rings. The van der Waals surface area contributed by atoms with Crippen molar-refractivity contribution < 1.29 is 9.53 Å². The maximum absolute atomic E-state index is 11.9. The highest BCUT2D eigenvalue weighted by atomic mass is 16.5. The number of nitrogens with zero attached hydrogens (tertiary/aromatic N) is 2. The molecule has 6 nitrogen and oxygen atoms in total. The van der Waals surface area contributed by atoms with Gasteiger partial charge >= 0.3 is 0 Å². The number of hydrogen-bond acceptors (Lipinski definition) is 4. The molecule has 1 aliphatic rings. The van der Waals surface area contributed by atoms with Gasteiger partial charge in [-0.3, -0.25) is 9.48 Å². The summed E-state index contributed by atoms with van der Waals surface area (Å²) in [5.41, 5.74) is 1.15. The number of nitrogens with one attached hydrogen (secondary N) is 2. The summed E-state index contributed by atoms with van der Waals surface area (Å²) in [7, 11) is 0. The topological polar surface area (TPSA) is 68.2 Å². The van der Waals surface area contributed by atoms with Crippen molar-refractivity contribution in [2.75, 3.05) is 19.7 Å². The molecule has 1 aliphatic heterocycles. The molecule has 20 heavy (non-hydrogen) atoms. The highest BCUT2D eigenvalue weighted by molar-refractivity contribution is 5.81. The summed E-state index contributed by atoms with van der Waals surface area (Å²) < 4.78 is 7.35. The molecule has 0 radical (unpaired) electrons. The molecule has 2 rings (SSSR count). The third-order valence-electron chi connectivity index (χ3n) is 3.48. The van der Waals surface area contributed by atoms with Gasteiger partial charge in [-0.15, -0.1) is 0 Å². The van der Waals surface area contributed by atoms with E-state index in [1.54, 1.807) is 0 Å². The average Bonchev–Trinajstić information content (AvgIpc) is 3.07. The lowest BCUT2D eigenvalue weighted by atomic mass is 10.2. The van der Waals surface area contributed by atoms with Crippen LogP contribution in [0.25, 0.3) is 0 Å². The first kappa shape index (κ1) is 15.0. The summed E-state index contributed by atoms with van der Waals surface area (Å²) >= 11 is 0. The van der Waals surface area contributed by atoms with Gasteiger partial charge in [-0.2, -0.15) is 5.10 Å². The number of rotatable bonds is 7. The van der Waals surface area contributed by atoms with Crippen molar-refractivity contribution in [3.8, 4) is 0 Å². The van der Waals surface area contributed by atoms with Crippen LogP contribution in [0, 0.1) is 6.92 Å². The van der Waals surface area contributed by atoms with Gasteiger partial charge < -0.3 is 15.4 Å². The summed E-state index contributed by atoms with van der Waals surface area (Å²) in [5, 5.41) is 10.3. The third kappa shape index (κ3) is 4.61. The Bertz CT molecular complexity index is 427. The highest BCUT2D eigenvalue weighted by Crippen LogP contribution is 2.10. The van der Waals surface area contributed by atoms with E-state index < -0.39 is 0 Å².